The van der Waals surface area contributed by atoms with Gasteiger partial charge in [-0.2, -0.15) is 0 Å². The molecule has 0 fully saturated rings. The molecule has 1 N–H and O–H groups in total. The van der Waals surface area contributed by atoms with Crippen molar-refractivity contribution < 1.29 is 18.7 Å². The summed E-state index contributed by atoms with van der Waals surface area (Å²) >= 11 is 0. The van der Waals surface area contributed by atoms with Crippen molar-refractivity contribution in [2.75, 3.05) is 11.9 Å². The molecule has 4 aromatic rings. The summed E-state index contributed by atoms with van der Waals surface area (Å²) in [5.74, 6) is -0.176. The van der Waals surface area contributed by atoms with E-state index in [4.69, 9.17) is 14.1 Å². The van der Waals surface area contributed by atoms with Crippen LogP contribution in [-0.4, -0.2) is 23.5 Å². The summed E-state index contributed by atoms with van der Waals surface area (Å²) in [6.45, 7) is -0.367. The molecule has 0 radical (unpaired) electrons. The van der Waals surface area contributed by atoms with Crippen LogP contribution in [0.1, 0.15) is 33.8 Å². The number of hydrogen-bond acceptors (Lipinski definition) is 5. The first kappa shape index (κ1) is 19.8. The fourth-order valence-electron chi connectivity index (χ4n) is 3.98. The van der Waals surface area contributed by atoms with Gasteiger partial charge in [-0.05, 0) is 60.4 Å². The molecule has 158 valence electrons. The standard InChI is InChI=1S/C26H20N2O4/c29-23(27-18-7-2-1-3-8-18)16-32-26(30)24-20-10-4-5-11-22(20)28-25-17(12-13-21(24)25)15-19-9-6-14-31-19/h1-11,14-15H,12-13,16H2,(H,27,29)/b17-15+. The van der Waals surface area contributed by atoms with Crippen LogP contribution >= 0.6 is 0 Å². The molecule has 0 atom stereocenters. The Labute approximate surface area is 184 Å². The number of nitrogens with zero attached hydrogens (tertiary/aromatic N) is 1. The zero-order valence-corrected chi connectivity index (χ0v) is 17.2. The number of nitrogens with one attached hydrogen (secondary N) is 1. The van der Waals surface area contributed by atoms with Crippen LogP contribution in [0.15, 0.2) is 77.4 Å². The summed E-state index contributed by atoms with van der Waals surface area (Å²) < 4.78 is 10.9. The second-order valence-corrected chi connectivity index (χ2v) is 7.51. The van der Waals surface area contributed by atoms with Gasteiger partial charge in [0.25, 0.3) is 5.91 Å². The first-order valence-corrected chi connectivity index (χ1v) is 10.4. The van der Waals surface area contributed by atoms with Crippen LogP contribution in [0.5, 0.6) is 0 Å². The van der Waals surface area contributed by atoms with Crippen molar-refractivity contribution in [2.24, 2.45) is 0 Å². The van der Waals surface area contributed by atoms with Crippen LogP contribution < -0.4 is 5.32 Å². The average Bonchev–Trinajstić information content (AvgIpc) is 3.47. The third-order valence-corrected chi connectivity index (χ3v) is 5.40. The molecule has 0 saturated heterocycles. The van der Waals surface area contributed by atoms with Gasteiger partial charge < -0.3 is 14.5 Å². The zero-order chi connectivity index (χ0) is 21.9. The zero-order valence-electron chi connectivity index (χ0n) is 17.2. The molecule has 1 amide bonds. The Bertz CT molecular complexity index is 1320. The van der Waals surface area contributed by atoms with Gasteiger partial charge >= 0.3 is 5.97 Å². The van der Waals surface area contributed by atoms with Gasteiger partial charge in [0.05, 0.1) is 23.0 Å². The Morgan fingerprint density at radius 3 is 2.62 bits per heavy atom. The van der Waals surface area contributed by atoms with Gasteiger partial charge in [-0.1, -0.05) is 36.4 Å². The average molecular weight is 424 g/mol. The van der Waals surface area contributed by atoms with Gasteiger partial charge in [0, 0.05) is 11.1 Å². The second-order valence-electron chi connectivity index (χ2n) is 7.51. The maximum atomic E-state index is 13.1. The highest BCUT2D eigenvalue weighted by Gasteiger charge is 2.28. The maximum absolute atomic E-state index is 13.1. The first-order chi connectivity index (χ1) is 15.7. The normalized spacial score (nSPS) is 13.8. The quantitative estimate of drug-likeness (QED) is 0.450. The summed E-state index contributed by atoms with van der Waals surface area (Å²) in [6.07, 6.45) is 4.99. The second kappa shape index (κ2) is 8.51. The van der Waals surface area contributed by atoms with E-state index in [1.54, 1.807) is 18.4 Å². The number of furan rings is 1. The SMILES string of the molecule is O=C(COC(=O)c1c2c(nc3ccccc13)/C(=C/c1ccco1)CC2)Nc1ccccc1. The molecule has 0 bridgehead atoms. The number of allylic oxidation sites excluding steroid dienone is 1. The van der Waals surface area contributed by atoms with Gasteiger partial charge in [0.15, 0.2) is 6.61 Å². The van der Waals surface area contributed by atoms with Crippen LogP contribution in [0, 0.1) is 0 Å². The van der Waals surface area contributed by atoms with E-state index < -0.39 is 11.9 Å². The van der Waals surface area contributed by atoms with Gasteiger partial charge in [-0.3, -0.25) is 4.79 Å². The van der Waals surface area contributed by atoms with Gasteiger partial charge in [-0.15, -0.1) is 0 Å². The third-order valence-electron chi connectivity index (χ3n) is 5.40. The van der Waals surface area contributed by atoms with Crippen molar-refractivity contribution in [3.05, 3.63) is 95.6 Å². The number of anilines is 1. The topological polar surface area (TPSA) is 81.4 Å². The molecule has 2 aromatic carbocycles. The van der Waals surface area contributed by atoms with Crippen LogP contribution in [0.25, 0.3) is 22.6 Å². The molecule has 32 heavy (non-hydrogen) atoms. The van der Waals surface area contributed by atoms with E-state index in [0.29, 0.717) is 23.2 Å². The Balaban J connectivity index is 1.44. The van der Waals surface area contributed by atoms with E-state index in [1.807, 2.05) is 60.7 Å². The summed E-state index contributed by atoms with van der Waals surface area (Å²) in [6, 6.07) is 20.2. The molecule has 1 aliphatic rings. The summed E-state index contributed by atoms with van der Waals surface area (Å²) in [5.41, 5.74) is 4.46. The third kappa shape index (κ3) is 3.90. The number of para-hydroxylation sites is 2. The minimum absolute atomic E-state index is 0.367. The number of ether oxygens (including phenoxy) is 1. The highest BCUT2D eigenvalue weighted by Crippen LogP contribution is 2.37. The fraction of sp³-hybridized carbons (Fsp3) is 0.115. The number of rotatable bonds is 5. The number of carbonyl (C=O) groups is 2. The lowest BCUT2D eigenvalue weighted by Crippen LogP contribution is -2.21. The van der Waals surface area contributed by atoms with E-state index >= 15 is 0 Å². The van der Waals surface area contributed by atoms with Crippen molar-refractivity contribution in [2.45, 2.75) is 12.8 Å². The highest BCUT2D eigenvalue weighted by atomic mass is 16.5. The number of aromatic nitrogens is 1. The number of esters is 1. The lowest BCUT2D eigenvalue weighted by Gasteiger charge is -2.12. The van der Waals surface area contributed by atoms with Crippen LogP contribution in [0.2, 0.25) is 0 Å². The van der Waals surface area contributed by atoms with E-state index in [-0.39, 0.29) is 6.61 Å². The molecule has 0 unspecified atom stereocenters. The predicted octanol–water partition coefficient (Wildman–Crippen LogP) is 5.11. The van der Waals surface area contributed by atoms with Gasteiger partial charge in [0.2, 0.25) is 0 Å². The molecule has 0 spiro atoms. The lowest BCUT2D eigenvalue weighted by molar-refractivity contribution is -0.119. The van der Waals surface area contributed by atoms with Crippen molar-refractivity contribution >= 4 is 40.1 Å². The Kier molecular flexibility index (Phi) is 5.25. The Hall–Kier alpha value is -4.19. The molecule has 6 heteroatoms. The number of pyridine rings is 1. The molecule has 1 aliphatic carbocycles. The minimum atomic E-state index is -0.526. The van der Waals surface area contributed by atoms with Crippen LogP contribution in [-0.2, 0) is 16.0 Å². The molecule has 2 heterocycles. The predicted molar refractivity (Wildman–Crippen MR) is 122 cm³/mol. The summed E-state index contributed by atoms with van der Waals surface area (Å²) in [7, 11) is 0. The molecule has 6 nitrogen and oxygen atoms in total. The number of amides is 1. The molecular weight excluding hydrogens is 404 g/mol. The smallest absolute Gasteiger partial charge is 0.339 e. The van der Waals surface area contributed by atoms with E-state index in [0.717, 1.165) is 34.4 Å². The number of carbonyl (C=O) groups excluding carboxylic acids is 2. The van der Waals surface area contributed by atoms with Crippen molar-refractivity contribution in [3.8, 4) is 0 Å². The van der Waals surface area contributed by atoms with E-state index in [2.05, 4.69) is 5.32 Å². The van der Waals surface area contributed by atoms with Gasteiger partial charge in [0.1, 0.15) is 5.76 Å². The van der Waals surface area contributed by atoms with E-state index in [1.165, 1.54) is 0 Å². The number of benzene rings is 2. The van der Waals surface area contributed by atoms with Crippen molar-refractivity contribution in [1.82, 2.24) is 4.98 Å². The van der Waals surface area contributed by atoms with Crippen LogP contribution in [0.4, 0.5) is 5.69 Å². The molecule has 0 aliphatic heterocycles. The van der Waals surface area contributed by atoms with Gasteiger partial charge in [-0.25, -0.2) is 9.78 Å². The lowest BCUT2D eigenvalue weighted by atomic mass is 10.0. The molecular formula is C26H20N2O4. The van der Waals surface area contributed by atoms with Crippen molar-refractivity contribution in [1.29, 1.82) is 0 Å². The number of fused-ring (bicyclic) bond motifs is 2. The fourth-order valence-corrected chi connectivity index (χ4v) is 3.98. The van der Waals surface area contributed by atoms with Crippen LogP contribution in [0.3, 0.4) is 0 Å². The monoisotopic (exact) mass is 424 g/mol. The molecule has 0 saturated carbocycles. The van der Waals surface area contributed by atoms with Crippen molar-refractivity contribution in [3.63, 3.8) is 0 Å². The Morgan fingerprint density at radius 1 is 1.00 bits per heavy atom. The largest absolute Gasteiger partial charge is 0.465 e. The van der Waals surface area contributed by atoms with E-state index in [9.17, 15) is 9.59 Å². The minimum Gasteiger partial charge on any atom is -0.465 e. The highest BCUT2D eigenvalue weighted by molar-refractivity contribution is 6.07. The summed E-state index contributed by atoms with van der Waals surface area (Å²) in [5, 5.41) is 3.44. The molecule has 2 aromatic heterocycles. The maximum Gasteiger partial charge on any atom is 0.339 e. The summed E-state index contributed by atoms with van der Waals surface area (Å²) in [4.78, 5) is 30.2. The first-order valence-electron chi connectivity index (χ1n) is 10.4. The number of hydrogen-bond donors (Lipinski definition) is 1. The molecule has 5 rings (SSSR count). The Morgan fingerprint density at radius 2 is 1.81 bits per heavy atom.